The molecule has 49 heavy (non-hydrogen) atoms. The molecule has 0 spiro atoms. The Kier molecular flexibility index (Phi) is 15.0. The molecule has 0 aliphatic carbocycles. The maximum absolute atomic E-state index is 14.4. The van der Waals surface area contributed by atoms with Crippen molar-refractivity contribution in [3.63, 3.8) is 0 Å². The molecule has 0 heterocycles. The third kappa shape index (κ3) is 13.2. The fraction of sp³-hybridized carbons (Fsp3) is 0.385. The quantitative estimate of drug-likeness (QED) is 0.0682. The Labute approximate surface area is 291 Å². The van der Waals surface area contributed by atoms with Gasteiger partial charge in [0.15, 0.2) is 5.96 Å². The number of hydrogen-bond acceptors (Lipinski definition) is 5. The highest BCUT2D eigenvalue weighted by atomic mass is 16.2. The van der Waals surface area contributed by atoms with E-state index in [0.29, 0.717) is 32.4 Å². The maximum atomic E-state index is 14.4. The minimum Gasteiger partial charge on any atom is -0.370 e. The predicted molar refractivity (Wildman–Crippen MR) is 200 cm³/mol. The van der Waals surface area contributed by atoms with Crippen LogP contribution >= 0.6 is 0 Å². The predicted octanol–water partition coefficient (Wildman–Crippen LogP) is 4.38. The molecule has 2 atom stereocenters. The number of likely N-dealkylation sites (N-methyl/N-ethyl adjacent to an activating group) is 2. The second kappa shape index (κ2) is 19.1. The van der Waals surface area contributed by atoms with Gasteiger partial charge in [-0.3, -0.25) is 19.4 Å². The number of rotatable bonds is 18. The number of nitrogens with two attached hydrogens (primary N) is 3. The van der Waals surface area contributed by atoms with E-state index in [9.17, 15) is 14.4 Å². The van der Waals surface area contributed by atoms with E-state index in [2.05, 4.69) is 40.6 Å². The van der Waals surface area contributed by atoms with Crippen molar-refractivity contribution in [2.45, 2.75) is 70.0 Å². The van der Waals surface area contributed by atoms with E-state index < -0.39 is 17.6 Å². The SMILES string of the molecule is CN(C(=O)/C=C/CC(C)(C)N)C(CCc1ccc2ccccc2c1)C(=O)N(C)[C@H](C=Cc1ccccc1)C(=O)NCCCCCN=C(N)N. The summed E-state index contributed by atoms with van der Waals surface area (Å²) in [6.45, 7) is 4.74. The Morgan fingerprint density at radius 2 is 1.59 bits per heavy atom. The van der Waals surface area contributed by atoms with E-state index >= 15 is 0 Å². The van der Waals surface area contributed by atoms with Gasteiger partial charge in [0.1, 0.15) is 12.1 Å². The van der Waals surface area contributed by atoms with Crippen LogP contribution in [0.3, 0.4) is 0 Å². The molecule has 7 N–H and O–H groups in total. The Morgan fingerprint density at radius 1 is 0.898 bits per heavy atom. The zero-order valence-electron chi connectivity index (χ0n) is 29.3. The molecule has 0 saturated carbocycles. The molecule has 3 amide bonds. The fourth-order valence-corrected chi connectivity index (χ4v) is 5.38. The van der Waals surface area contributed by atoms with Crippen molar-refractivity contribution in [1.29, 1.82) is 0 Å². The summed E-state index contributed by atoms with van der Waals surface area (Å²) < 4.78 is 0. The smallest absolute Gasteiger partial charge is 0.246 e. The van der Waals surface area contributed by atoms with Crippen molar-refractivity contribution >= 4 is 40.5 Å². The van der Waals surface area contributed by atoms with Crippen LogP contribution in [0.25, 0.3) is 16.8 Å². The van der Waals surface area contributed by atoms with Crippen LogP contribution in [0.4, 0.5) is 0 Å². The van der Waals surface area contributed by atoms with Gasteiger partial charge in [0.2, 0.25) is 17.7 Å². The topological polar surface area (TPSA) is 160 Å². The van der Waals surface area contributed by atoms with Crippen LogP contribution < -0.4 is 22.5 Å². The Morgan fingerprint density at radius 3 is 2.29 bits per heavy atom. The van der Waals surface area contributed by atoms with Crippen LogP contribution in [0.5, 0.6) is 0 Å². The molecule has 10 nitrogen and oxygen atoms in total. The molecule has 3 aromatic carbocycles. The van der Waals surface area contributed by atoms with Gasteiger partial charge in [-0.2, -0.15) is 0 Å². The largest absolute Gasteiger partial charge is 0.370 e. The van der Waals surface area contributed by atoms with Gasteiger partial charge in [-0.1, -0.05) is 91.0 Å². The number of nitrogens with one attached hydrogen (secondary N) is 1. The van der Waals surface area contributed by atoms with Crippen molar-refractivity contribution in [3.8, 4) is 0 Å². The summed E-state index contributed by atoms with van der Waals surface area (Å²) in [5.74, 6) is -0.887. The number of guanidine groups is 1. The molecule has 3 aromatic rings. The van der Waals surface area contributed by atoms with E-state index in [1.165, 1.54) is 15.9 Å². The summed E-state index contributed by atoms with van der Waals surface area (Å²) in [5.41, 5.74) is 18.4. The number of unbranched alkanes of at least 4 members (excludes halogenated alkanes) is 2. The van der Waals surface area contributed by atoms with Crippen LogP contribution in [0.1, 0.15) is 57.1 Å². The zero-order chi connectivity index (χ0) is 35.8. The van der Waals surface area contributed by atoms with Gasteiger partial charge in [-0.15, -0.1) is 0 Å². The number of carbonyl (C=O) groups is 3. The van der Waals surface area contributed by atoms with Gasteiger partial charge in [-0.05, 0) is 80.3 Å². The summed E-state index contributed by atoms with van der Waals surface area (Å²) >= 11 is 0. The normalized spacial score (nSPS) is 12.9. The molecule has 1 unspecified atom stereocenters. The van der Waals surface area contributed by atoms with E-state index in [4.69, 9.17) is 17.2 Å². The lowest BCUT2D eigenvalue weighted by molar-refractivity contribution is -0.145. The number of benzene rings is 3. The average Bonchev–Trinajstić information content (AvgIpc) is 3.07. The van der Waals surface area contributed by atoms with Gasteiger partial charge in [0.05, 0.1) is 0 Å². The first-order chi connectivity index (χ1) is 23.4. The minimum absolute atomic E-state index is 0.0625. The van der Waals surface area contributed by atoms with Crippen molar-refractivity contribution in [3.05, 3.63) is 102 Å². The lowest BCUT2D eigenvalue weighted by Gasteiger charge is -2.33. The number of aryl methyl sites for hydroxylation is 1. The molecule has 0 aliphatic rings. The number of hydrogen-bond donors (Lipinski definition) is 4. The van der Waals surface area contributed by atoms with Crippen LogP contribution in [-0.2, 0) is 20.8 Å². The van der Waals surface area contributed by atoms with Crippen LogP contribution in [0, 0.1) is 0 Å². The van der Waals surface area contributed by atoms with E-state index in [1.807, 2.05) is 62.4 Å². The third-order valence-corrected chi connectivity index (χ3v) is 8.26. The lowest BCUT2D eigenvalue weighted by Crippen LogP contribution is -2.54. The third-order valence-electron chi connectivity index (χ3n) is 8.26. The van der Waals surface area contributed by atoms with Crippen LogP contribution in [0.15, 0.2) is 96.0 Å². The van der Waals surface area contributed by atoms with Crippen LogP contribution in [0.2, 0.25) is 0 Å². The molecule has 0 radical (unpaired) electrons. The second-order valence-electron chi connectivity index (χ2n) is 13.1. The Hall–Kier alpha value is -4.96. The van der Waals surface area contributed by atoms with E-state index in [1.54, 1.807) is 26.2 Å². The van der Waals surface area contributed by atoms with Crippen molar-refractivity contribution in [2.24, 2.45) is 22.2 Å². The summed E-state index contributed by atoms with van der Waals surface area (Å²) in [5, 5.41) is 5.23. The van der Waals surface area contributed by atoms with E-state index in [0.717, 1.165) is 41.2 Å². The number of fused-ring (bicyclic) bond motifs is 1. The van der Waals surface area contributed by atoms with Gasteiger partial charge in [0.25, 0.3) is 0 Å². The van der Waals surface area contributed by atoms with Crippen LogP contribution in [-0.4, -0.2) is 78.3 Å². The molecule has 0 aliphatic heterocycles. The summed E-state index contributed by atoms with van der Waals surface area (Å²) in [7, 11) is 3.25. The average molecular weight is 668 g/mol. The highest BCUT2D eigenvalue weighted by molar-refractivity contribution is 5.95. The summed E-state index contributed by atoms with van der Waals surface area (Å²) in [6.07, 6.45) is 10.6. The number of carbonyl (C=O) groups excluding carboxylic acids is 3. The number of amides is 3. The van der Waals surface area contributed by atoms with E-state index in [-0.39, 0.29) is 23.7 Å². The summed E-state index contributed by atoms with van der Waals surface area (Å²) in [4.78, 5) is 48.3. The highest BCUT2D eigenvalue weighted by Gasteiger charge is 2.33. The fourth-order valence-electron chi connectivity index (χ4n) is 5.38. The van der Waals surface area contributed by atoms with Gasteiger partial charge in [0, 0.05) is 32.7 Å². The first-order valence-corrected chi connectivity index (χ1v) is 16.9. The monoisotopic (exact) mass is 667 g/mol. The molecule has 10 heteroatoms. The maximum Gasteiger partial charge on any atom is 0.246 e. The highest BCUT2D eigenvalue weighted by Crippen LogP contribution is 2.20. The van der Waals surface area contributed by atoms with Gasteiger partial charge < -0.3 is 32.3 Å². The Balaban J connectivity index is 1.84. The molecule has 0 aromatic heterocycles. The second-order valence-corrected chi connectivity index (χ2v) is 13.1. The molecular weight excluding hydrogens is 614 g/mol. The standard InChI is InChI=1S/C39H53N7O3/c1-39(2,42)25-13-18-35(47)45(3)34(24-21-30-19-22-31-16-9-10-17-32(31)28-30)37(49)46(4)33(23-20-29-14-7-5-8-15-29)36(48)43-26-11-6-12-27-44-38(40)41/h5,7-10,13-20,22-23,28,33-34H,6,11-12,21,24-27,42H2,1-4H3,(H,43,48)(H4,40,41,44)/b18-13+,23-20?/t33-,34?/m1/s1. The molecule has 0 fully saturated rings. The van der Waals surface area contributed by atoms with Gasteiger partial charge >= 0.3 is 0 Å². The minimum atomic E-state index is -0.908. The zero-order valence-corrected chi connectivity index (χ0v) is 29.3. The lowest BCUT2D eigenvalue weighted by atomic mass is 9.99. The van der Waals surface area contributed by atoms with Gasteiger partial charge in [-0.25, -0.2) is 0 Å². The first-order valence-electron chi connectivity index (χ1n) is 16.9. The van der Waals surface area contributed by atoms with Crippen molar-refractivity contribution in [1.82, 2.24) is 15.1 Å². The molecule has 0 bridgehead atoms. The molecule has 262 valence electrons. The van der Waals surface area contributed by atoms with Crippen molar-refractivity contribution < 1.29 is 14.4 Å². The molecular formula is C39H53N7O3. The number of aliphatic imine (C=N–C) groups is 1. The molecule has 0 saturated heterocycles. The Bertz CT molecular complexity index is 1610. The van der Waals surface area contributed by atoms with Crippen molar-refractivity contribution in [2.75, 3.05) is 27.2 Å². The number of nitrogens with zero attached hydrogens (tertiary/aromatic N) is 3. The molecule has 3 rings (SSSR count). The summed E-state index contributed by atoms with van der Waals surface area (Å²) in [6, 6.07) is 22.2. The first kappa shape index (κ1) is 38.5.